The van der Waals surface area contributed by atoms with Gasteiger partial charge < -0.3 is 34.9 Å². The molecular weight excluding hydrogens is 701 g/mol. The van der Waals surface area contributed by atoms with Gasteiger partial charge in [0, 0.05) is 59.4 Å². The Labute approximate surface area is 322 Å². The maximum atomic E-state index is 13.4. The molecule has 0 radical (unpaired) electrons. The summed E-state index contributed by atoms with van der Waals surface area (Å²) in [5.41, 5.74) is 2.98. The summed E-state index contributed by atoms with van der Waals surface area (Å²) in [6.45, 7) is 17.0. The van der Waals surface area contributed by atoms with Crippen LogP contribution in [0.15, 0.2) is 72.9 Å². The number of amides is 3. The molecule has 14 heteroatoms. The third-order valence-electron chi connectivity index (χ3n) is 8.26. The van der Waals surface area contributed by atoms with Gasteiger partial charge >= 0.3 is 6.03 Å². The normalized spacial score (nSPS) is 11.7. The number of hydrogen-bond donors (Lipinski definition) is 4. The van der Waals surface area contributed by atoms with Gasteiger partial charge in [-0.15, -0.1) is 0 Å². The van der Waals surface area contributed by atoms with Crippen molar-refractivity contribution in [2.75, 3.05) is 62.6 Å². The number of anilines is 4. The zero-order chi connectivity index (χ0) is 39.6. The molecule has 5 aromatic rings. The first-order valence-corrected chi connectivity index (χ1v) is 18.2. The molecule has 3 amide bonds. The van der Waals surface area contributed by atoms with Crippen LogP contribution in [0.5, 0.6) is 11.6 Å². The quantitative estimate of drug-likeness (QED) is 0.0733. The molecule has 0 saturated heterocycles. The second kappa shape index (κ2) is 18.2. The minimum Gasteiger partial charge on any atom is -0.438 e. The van der Waals surface area contributed by atoms with Crippen molar-refractivity contribution in [3.05, 3.63) is 89.7 Å². The van der Waals surface area contributed by atoms with E-state index in [2.05, 4.69) is 52.0 Å². The minimum absolute atomic E-state index is 0.185. The molecule has 2 heterocycles. The van der Waals surface area contributed by atoms with E-state index in [0.717, 1.165) is 22.0 Å². The first-order chi connectivity index (χ1) is 26.2. The lowest BCUT2D eigenvalue weighted by molar-refractivity contribution is 0.0255. The predicted molar refractivity (Wildman–Crippen MR) is 215 cm³/mol. The number of carbonyl (C=O) groups is 2. The van der Waals surface area contributed by atoms with Crippen LogP contribution in [0.3, 0.4) is 0 Å². The number of fused-ring (bicyclic) bond motifs is 1. The molecule has 0 bridgehead atoms. The third kappa shape index (κ3) is 11.5. The number of carbonyl (C=O) groups excluding carboxylic acids is 2. The molecule has 55 heavy (non-hydrogen) atoms. The standard InChI is InChI=1S/C41H52N8O6/c1-27-23-28(37(50)42-17-18-53-21-22-54-20-19-52-8)25-29(24-27)44-38-43-16-15-36(47-38)55-33-14-13-32(30-11-9-10-12-31(30)33)45-39(51)46-35-26-34(40(2,3)4)48-49(35)41(5,6)7/h9-16,23-26H,17-22H2,1-8H3,(H,42,50)(H,43,44,47)(H2,45,46,51). The molecule has 292 valence electrons. The Bertz CT molecular complexity index is 2090. The average molecular weight is 753 g/mol. The summed E-state index contributed by atoms with van der Waals surface area (Å²) >= 11 is 0. The molecule has 0 fully saturated rings. The second-order valence-electron chi connectivity index (χ2n) is 15.0. The Morgan fingerprint density at radius 2 is 1.55 bits per heavy atom. The molecule has 2 aromatic heterocycles. The number of benzene rings is 3. The molecular formula is C41H52N8O6. The Morgan fingerprint density at radius 3 is 2.27 bits per heavy atom. The van der Waals surface area contributed by atoms with Crippen molar-refractivity contribution >= 4 is 45.9 Å². The van der Waals surface area contributed by atoms with E-state index in [4.69, 9.17) is 24.0 Å². The monoisotopic (exact) mass is 752 g/mol. The number of methoxy groups -OCH3 is 1. The summed E-state index contributed by atoms with van der Waals surface area (Å²) in [5, 5.41) is 18.4. The van der Waals surface area contributed by atoms with Gasteiger partial charge in [0.15, 0.2) is 0 Å². The van der Waals surface area contributed by atoms with Crippen LogP contribution in [0.1, 0.15) is 63.2 Å². The molecule has 14 nitrogen and oxygen atoms in total. The van der Waals surface area contributed by atoms with E-state index in [0.29, 0.717) is 79.9 Å². The van der Waals surface area contributed by atoms with Gasteiger partial charge in [-0.25, -0.2) is 14.5 Å². The summed E-state index contributed by atoms with van der Waals surface area (Å²) in [4.78, 5) is 35.2. The molecule has 4 N–H and O–H groups in total. The first-order valence-electron chi connectivity index (χ1n) is 18.2. The van der Waals surface area contributed by atoms with Gasteiger partial charge in [-0.1, -0.05) is 45.0 Å². The lowest BCUT2D eigenvalue weighted by Crippen LogP contribution is -2.28. The van der Waals surface area contributed by atoms with Crippen LogP contribution < -0.4 is 26.0 Å². The Balaban J connectivity index is 1.23. The molecule has 0 aliphatic heterocycles. The molecule has 0 aliphatic carbocycles. The van der Waals surface area contributed by atoms with Crippen molar-refractivity contribution in [1.29, 1.82) is 0 Å². The molecule has 0 atom stereocenters. The van der Waals surface area contributed by atoms with Crippen molar-refractivity contribution < 1.29 is 28.5 Å². The number of ether oxygens (including phenoxy) is 4. The fourth-order valence-electron chi connectivity index (χ4n) is 5.58. The zero-order valence-corrected chi connectivity index (χ0v) is 32.9. The molecule has 5 rings (SSSR count). The predicted octanol–water partition coefficient (Wildman–Crippen LogP) is 7.78. The van der Waals surface area contributed by atoms with Crippen molar-refractivity contribution in [2.45, 2.75) is 59.4 Å². The van der Waals surface area contributed by atoms with Gasteiger partial charge in [-0.05, 0) is 63.6 Å². The Kier molecular flexibility index (Phi) is 13.4. The van der Waals surface area contributed by atoms with Crippen molar-refractivity contribution in [3.63, 3.8) is 0 Å². The Hall–Kier alpha value is -5.57. The van der Waals surface area contributed by atoms with Crippen LogP contribution in [-0.2, 0) is 25.2 Å². The first kappa shape index (κ1) is 40.6. The van der Waals surface area contributed by atoms with Gasteiger partial charge in [0.2, 0.25) is 11.8 Å². The number of hydrogen-bond acceptors (Lipinski definition) is 10. The van der Waals surface area contributed by atoms with Gasteiger partial charge in [-0.3, -0.25) is 10.1 Å². The summed E-state index contributed by atoms with van der Waals surface area (Å²) in [6, 6.07) is 19.9. The average Bonchev–Trinajstić information content (AvgIpc) is 3.57. The topological polar surface area (TPSA) is 163 Å². The summed E-state index contributed by atoms with van der Waals surface area (Å²) < 4.78 is 23.9. The highest BCUT2D eigenvalue weighted by molar-refractivity contribution is 6.07. The smallest absolute Gasteiger partial charge is 0.324 e. The van der Waals surface area contributed by atoms with E-state index in [1.54, 1.807) is 37.6 Å². The maximum absolute atomic E-state index is 13.4. The number of nitrogens with one attached hydrogen (secondary N) is 4. The van der Waals surface area contributed by atoms with Crippen molar-refractivity contribution in [1.82, 2.24) is 25.1 Å². The number of aryl methyl sites for hydroxylation is 1. The fraction of sp³-hybridized carbons (Fsp3) is 0.390. The zero-order valence-electron chi connectivity index (χ0n) is 32.9. The fourth-order valence-corrected chi connectivity index (χ4v) is 5.58. The summed E-state index contributed by atoms with van der Waals surface area (Å²) in [5.74, 6) is 1.52. The van der Waals surface area contributed by atoms with Gasteiger partial charge in [0.05, 0.1) is 50.0 Å². The highest BCUT2D eigenvalue weighted by atomic mass is 16.5. The number of rotatable bonds is 16. The summed E-state index contributed by atoms with van der Waals surface area (Å²) in [7, 11) is 1.62. The largest absolute Gasteiger partial charge is 0.438 e. The number of urea groups is 1. The van der Waals surface area contributed by atoms with E-state index in [9.17, 15) is 9.59 Å². The van der Waals surface area contributed by atoms with Gasteiger partial charge in [-0.2, -0.15) is 10.1 Å². The molecule has 0 aliphatic rings. The lowest BCUT2D eigenvalue weighted by Gasteiger charge is -2.23. The van der Waals surface area contributed by atoms with E-state index in [-0.39, 0.29) is 16.9 Å². The van der Waals surface area contributed by atoms with E-state index >= 15 is 0 Å². The summed E-state index contributed by atoms with van der Waals surface area (Å²) in [6.07, 6.45) is 1.59. The third-order valence-corrected chi connectivity index (χ3v) is 8.26. The van der Waals surface area contributed by atoms with Crippen LogP contribution in [0, 0.1) is 6.92 Å². The second-order valence-corrected chi connectivity index (χ2v) is 15.0. The highest BCUT2D eigenvalue weighted by Crippen LogP contribution is 2.35. The molecule has 0 spiro atoms. The van der Waals surface area contributed by atoms with Crippen molar-refractivity contribution in [3.8, 4) is 11.6 Å². The van der Waals surface area contributed by atoms with E-state index < -0.39 is 6.03 Å². The molecule has 0 saturated carbocycles. The van der Waals surface area contributed by atoms with Crippen LogP contribution >= 0.6 is 0 Å². The van der Waals surface area contributed by atoms with Crippen LogP contribution in [0.25, 0.3) is 10.8 Å². The van der Waals surface area contributed by atoms with Crippen LogP contribution in [0.2, 0.25) is 0 Å². The highest BCUT2D eigenvalue weighted by Gasteiger charge is 2.26. The number of nitrogens with zero attached hydrogens (tertiary/aromatic N) is 4. The van der Waals surface area contributed by atoms with Crippen LogP contribution in [0.4, 0.5) is 27.9 Å². The van der Waals surface area contributed by atoms with Crippen LogP contribution in [-0.4, -0.2) is 78.4 Å². The van der Waals surface area contributed by atoms with E-state index in [1.807, 2.05) is 74.8 Å². The SMILES string of the molecule is COCCOCCOCCNC(=O)c1cc(C)cc(Nc2nccc(Oc3ccc(NC(=O)Nc4cc(C(C)(C)C)nn4C(C)(C)C)c4ccccc34)n2)c1. The minimum atomic E-state index is -0.391. The molecule has 3 aromatic carbocycles. The van der Waals surface area contributed by atoms with Gasteiger partial charge in [0.1, 0.15) is 11.6 Å². The number of aromatic nitrogens is 4. The van der Waals surface area contributed by atoms with Crippen molar-refractivity contribution in [2.24, 2.45) is 0 Å². The molecule has 0 unspecified atom stereocenters. The maximum Gasteiger partial charge on any atom is 0.324 e. The van der Waals surface area contributed by atoms with Gasteiger partial charge in [0.25, 0.3) is 5.91 Å². The Morgan fingerprint density at radius 1 is 0.818 bits per heavy atom. The lowest BCUT2D eigenvalue weighted by atomic mass is 9.92. The van der Waals surface area contributed by atoms with E-state index in [1.165, 1.54) is 0 Å².